The zero-order valence-corrected chi connectivity index (χ0v) is 12.3. The highest BCUT2D eigenvalue weighted by Gasteiger charge is 2.12. The molecule has 0 saturated carbocycles. The Morgan fingerprint density at radius 2 is 1.67 bits per heavy atom. The average Bonchev–Trinajstić information content (AvgIpc) is 2.86. The van der Waals surface area contributed by atoms with E-state index in [1.54, 1.807) is 0 Å². The first kappa shape index (κ1) is 14.2. The van der Waals surface area contributed by atoms with Crippen molar-refractivity contribution in [3.05, 3.63) is 0 Å². The summed E-state index contributed by atoms with van der Waals surface area (Å²) in [6.07, 6.45) is 4.80. The smallest absolute Gasteiger partial charge is 0.381 e. The van der Waals surface area contributed by atoms with Gasteiger partial charge in [-0.2, -0.15) is 0 Å². The van der Waals surface area contributed by atoms with Crippen LogP contribution in [0.4, 0.5) is 0 Å². The monoisotopic (exact) mass is 290 g/mol. The van der Waals surface area contributed by atoms with Crippen LogP contribution in [-0.4, -0.2) is 50.9 Å². The van der Waals surface area contributed by atoms with Gasteiger partial charge in [-0.25, -0.2) is 0 Å². The van der Waals surface area contributed by atoms with Crippen LogP contribution in [0, 0.1) is 0 Å². The van der Waals surface area contributed by atoms with Crippen LogP contribution in [0.5, 0.6) is 0 Å². The molecule has 0 radical (unpaired) electrons. The maximum atomic E-state index is 5.36. The van der Waals surface area contributed by atoms with Gasteiger partial charge in [0.25, 0.3) is 0 Å². The minimum atomic E-state index is 0.0215. The van der Waals surface area contributed by atoms with Crippen LogP contribution in [0.2, 0.25) is 4.55 Å². The minimum absolute atomic E-state index is 0.0215. The number of hydrogen-bond donors (Lipinski definition) is 0. The van der Waals surface area contributed by atoms with Crippen molar-refractivity contribution in [1.82, 2.24) is 0 Å². The Morgan fingerprint density at radius 1 is 1.00 bits per heavy atom. The van der Waals surface area contributed by atoms with Crippen molar-refractivity contribution >= 4 is 31.1 Å². The third-order valence-electron chi connectivity index (χ3n) is 2.30. The van der Waals surface area contributed by atoms with E-state index in [-0.39, 0.29) is 24.5 Å². The van der Waals surface area contributed by atoms with E-state index in [1.807, 2.05) is 0 Å². The Labute approximate surface area is 108 Å². The maximum absolute atomic E-state index is 5.36. The summed E-state index contributed by atoms with van der Waals surface area (Å²) in [6, 6.07) is 0. The molecule has 0 aliphatic carbocycles. The van der Waals surface area contributed by atoms with Gasteiger partial charge in [0.15, 0.2) is 6.29 Å². The zero-order valence-electron chi connectivity index (χ0n) is 9.25. The van der Waals surface area contributed by atoms with Gasteiger partial charge in [0.1, 0.15) is 0 Å². The fourth-order valence-electron chi connectivity index (χ4n) is 1.46. The summed E-state index contributed by atoms with van der Waals surface area (Å²) in [4.78, 5) is 0. The molecule has 0 unspecified atom stereocenters. The van der Waals surface area contributed by atoms with Crippen LogP contribution < -0.4 is 0 Å². The Morgan fingerprint density at radius 3 is 2.13 bits per heavy atom. The molecule has 0 atom stereocenters. The van der Waals surface area contributed by atoms with Gasteiger partial charge in [-0.1, -0.05) is 0 Å². The van der Waals surface area contributed by atoms with Crippen molar-refractivity contribution in [2.45, 2.75) is 36.5 Å². The van der Waals surface area contributed by atoms with Crippen LogP contribution in [-0.2, 0) is 14.2 Å². The van der Waals surface area contributed by atoms with E-state index in [0.29, 0.717) is 0 Å². The van der Waals surface area contributed by atoms with E-state index in [1.165, 1.54) is 17.4 Å². The second-order valence-corrected chi connectivity index (χ2v) is 7.14. The summed E-state index contributed by atoms with van der Waals surface area (Å²) >= 11 is 3.53. The first-order chi connectivity index (χ1) is 7.43. The van der Waals surface area contributed by atoms with E-state index in [4.69, 9.17) is 14.2 Å². The number of ether oxygens (including phenoxy) is 3. The van der Waals surface area contributed by atoms with Crippen molar-refractivity contribution < 1.29 is 14.2 Å². The second-order valence-electron chi connectivity index (χ2n) is 3.68. The van der Waals surface area contributed by atoms with Gasteiger partial charge in [0.05, 0.1) is 13.2 Å². The summed E-state index contributed by atoms with van der Waals surface area (Å²) < 4.78 is 16.9. The van der Waals surface area contributed by atoms with Gasteiger partial charge in [0, 0.05) is 13.2 Å². The molecule has 5 heteroatoms. The number of rotatable bonds is 3. The molecular weight excluding hydrogens is 272 g/mol. The van der Waals surface area contributed by atoms with Crippen molar-refractivity contribution in [3.8, 4) is 0 Å². The lowest BCUT2D eigenvalue weighted by atomic mass is 10.4. The summed E-state index contributed by atoms with van der Waals surface area (Å²) in [7, 11) is 0. The molecule has 15 heavy (non-hydrogen) atoms. The molecule has 3 nitrogen and oxygen atoms in total. The molecule has 2 heterocycles. The minimum Gasteiger partial charge on any atom is -0.381 e. The fraction of sp³-hybridized carbons (Fsp3) is 1.00. The lowest BCUT2D eigenvalue weighted by Gasteiger charge is -2.22. The molecule has 2 rings (SSSR count). The van der Waals surface area contributed by atoms with E-state index in [0.717, 1.165) is 39.3 Å². The van der Waals surface area contributed by atoms with Crippen LogP contribution in [0.15, 0.2) is 0 Å². The Hall–Kier alpha value is 1.13. The molecule has 2 aliphatic rings. The van der Waals surface area contributed by atoms with E-state index >= 15 is 0 Å². The molecule has 0 N–H and O–H groups in total. The molecule has 0 aromatic rings. The normalized spacial score (nSPS) is 21.7. The van der Waals surface area contributed by atoms with Gasteiger partial charge in [0.2, 0.25) is 0 Å². The third-order valence-corrected chi connectivity index (χ3v) is 4.65. The van der Waals surface area contributed by atoms with Crippen molar-refractivity contribution in [3.63, 3.8) is 0 Å². The van der Waals surface area contributed by atoms with Gasteiger partial charge < -0.3 is 27.1 Å². The maximum Gasteiger partial charge on any atom is 0.468 e. The summed E-state index contributed by atoms with van der Waals surface area (Å²) in [6.45, 7) is 3.77. The first-order valence-corrected chi connectivity index (χ1v) is 10.7. The molecule has 2 aliphatic heterocycles. The predicted octanol–water partition coefficient (Wildman–Crippen LogP) is 2.37. The number of hydrogen-bond acceptors (Lipinski definition) is 3. The summed E-state index contributed by atoms with van der Waals surface area (Å²) in [5, 5.41) is 0. The third kappa shape index (κ3) is 7.93. The molecule has 0 aromatic heterocycles. The van der Waals surface area contributed by atoms with Crippen molar-refractivity contribution in [1.29, 1.82) is 0 Å². The molecule has 86 valence electrons. The fourth-order valence-corrected chi connectivity index (χ4v) is 2.92. The van der Waals surface area contributed by atoms with Crippen molar-refractivity contribution in [2.75, 3.05) is 26.4 Å². The van der Waals surface area contributed by atoms with Crippen molar-refractivity contribution in [2.24, 2.45) is 0 Å². The quantitative estimate of drug-likeness (QED) is 0.747. The number of halogens is 1. The van der Waals surface area contributed by atoms with Gasteiger partial charge in [-0.3, -0.25) is 0 Å². The highest BCUT2D eigenvalue weighted by molar-refractivity contribution is 9.23. The molecule has 0 amide bonds. The average molecular weight is 291 g/mol. The van der Waals surface area contributed by atoms with Crippen LogP contribution in [0.25, 0.3) is 0 Å². The van der Waals surface area contributed by atoms with Gasteiger partial charge >= 0.3 is 18.2 Å². The van der Waals surface area contributed by atoms with Crippen LogP contribution in [0.3, 0.4) is 0 Å². The topological polar surface area (TPSA) is 27.7 Å². The van der Waals surface area contributed by atoms with E-state index in [9.17, 15) is 0 Å². The Kier molecular flexibility index (Phi) is 9.73. The summed E-state index contributed by atoms with van der Waals surface area (Å²) in [5.41, 5.74) is 0. The summed E-state index contributed by atoms with van der Waals surface area (Å²) in [5.74, 6) is 0. The SMILES string of the molecule is C1CCOC1.[Br][Mg][CH2]CC1OCCCO1. The Balaban J connectivity index is 0.000000187. The second kappa shape index (κ2) is 10.3. The van der Waals surface area contributed by atoms with Gasteiger partial charge in [-0.05, 0) is 25.7 Å². The lowest BCUT2D eigenvalue weighted by Crippen LogP contribution is -2.24. The zero-order chi connectivity index (χ0) is 10.8. The van der Waals surface area contributed by atoms with Gasteiger partial charge in [-0.15, -0.1) is 4.55 Å². The highest BCUT2D eigenvalue weighted by atomic mass is 79.9. The standard InChI is InChI=1S/C6H11O2.C4H8O.BrH.Mg/c1-2-6-7-4-3-5-8-6;1-2-4-5-3-1;;/h6H,1-5H2;1-4H2;1H;/q;;;+1/p-1. The van der Waals surface area contributed by atoms with E-state index in [2.05, 4.69) is 12.9 Å². The Bertz CT molecular complexity index is 131. The van der Waals surface area contributed by atoms with E-state index < -0.39 is 0 Å². The molecular formula is C10H19BrMgO3. The highest BCUT2D eigenvalue weighted by Crippen LogP contribution is 2.10. The lowest BCUT2D eigenvalue weighted by molar-refractivity contribution is -0.178. The molecule has 0 aromatic carbocycles. The molecule has 0 spiro atoms. The largest absolute Gasteiger partial charge is 0.468 e. The predicted molar refractivity (Wildman–Crippen MR) is 64.5 cm³/mol. The van der Waals surface area contributed by atoms with Crippen LogP contribution in [0.1, 0.15) is 25.7 Å². The first-order valence-electron chi connectivity index (χ1n) is 5.80. The molecule has 2 fully saturated rings. The molecule has 2 saturated heterocycles. The molecule has 0 bridgehead atoms. The van der Waals surface area contributed by atoms with Crippen LogP contribution >= 0.6 is 12.9 Å².